The van der Waals surface area contributed by atoms with Crippen LogP contribution in [0.1, 0.15) is 62.8 Å². The van der Waals surface area contributed by atoms with E-state index >= 15 is 0 Å². The average molecular weight is 277 g/mol. The fourth-order valence-electron chi connectivity index (χ4n) is 2.71. The Hall–Kier alpha value is -1.65. The Morgan fingerprint density at radius 3 is 2.75 bits per heavy atom. The van der Waals surface area contributed by atoms with E-state index in [2.05, 4.69) is 28.7 Å². The maximum absolute atomic E-state index is 11.5. The molecule has 1 fully saturated rings. The van der Waals surface area contributed by atoms with E-state index in [9.17, 15) is 9.90 Å². The molecule has 5 heteroatoms. The summed E-state index contributed by atoms with van der Waals surface area (Å²) in [6, 6.07) is 0.315. The van der Waals surface area contributed by atoms with Gasteiger partial charge in [0.25, 0.3) is 0 Å². The lowest BCUT2D eigenvalue weighted by Gasteiger charge is -2.39. The molecule has 1 aromatic heterocycles. The molecule has 2 atom stereocenters. The van der Waals surface area contributed by atoms with Gasteiger partial charge in [0.05, 0.1) is 11.9 Å². The maximum Gasteiger partial charge on any atom is 0.356 e. The largest absolute Gasteiger partial charge is 0.476 e. The van der Waals surface area contributed by atoms with E-state index in [1.807, 2.05) is 13.8 Å². The van der Waals surface area contributed by atoms with Crippen molar-refractivity contribution < 1.29 is 9.90 Å². The molecule has 1 aliphatic heterocycles. The van der Waals surface area contributed by atoms with Gasteiger partial charge in [-0.1, -0.05) is 20.8 Å². The average Bonchev–Trinajstić information content (AvgIpc) is 2.41. The lowest BCUT2D eigenvalue weighted by atomic mass is 9.91. The molecule has 1 aromatic rings. The standard InChI is InChI=1S/C15H23N3O2/c1-9(2)14-16-8-12(13(17-14)15(19)20)18-7-5-6-10(3)11(18)4/h8-11H,5-7H2,1-4H3,(H,19,20). The highest BCUT2D eigenvalue weighted by Crippen LogP contribution is 2.30. The van der Waals surface area contributed by atoms with Gasteiger partial charge in [-0.25, -0.2) is 14.8 Å². The van der Waals surface area contributed by atoms with Crippen molar-refractivity contribution in [2.45, 2.75) is 52.5 Å². The number of carboxylic acids is 1. The van der Waals surface area contributed by atoms with Gasteiger partial charge in [0.2, 0.25) is 0 Å². The van der Waals surface area contributed by atoms with Gasteiger partial charge < -0.3 is 10.0 Å². The molecule has 0 saturated carbocycles. The van der Waals surface area contributed by atoms with Crippen LogP contribution in [-0.4, -0.2) is 33.6 Å². The molecular weight excluding hydrogens is 254 g/mol. The van der Waals surface area contributed by atoms with Crippen LogP contribution in [0.25, 0.3) is 0 Å². The molecule has 2 heterocycles. The second-order valence-corrected chi connectivity index (χ2v) is 5.98. The minimum Gasteiger partial charge on any atom is -0.476 e. The van der Waals surface area contributed by atoms with Gasteiger partial charge in [-0.3, -0.25) is 0 Å². The molecule has 0 aliphatic carbocycles. The van der Waals surface area contributed by atoms with E-state index in [0.717, 1.165) is 13.0 Å². The molecule has 2 unspecified atom stereocenters. The lowest BCUT2D eigenvalue weighted by Crippen LogP contribution is -2.43. The number of carbonyl (C=O) groups is 1. The summed E-state index contributed by atoms with van der Waals surface area (Å²) < 4.78 is 0. The number of anilines is 1. The molecule has 1 aliphatic rings. The zero-order valence-corrected chi connectivity index (χ0v) is 12.6. The van der Waals surface area contributed by atoms with Gasteiger partial charge >= 0.3 is 5.97 Å². The summed E-state index contributed by atoms with van der Waals surface area (Å²) in [5.41, 5.74) is 0.783. The quantitative estimate of drug-likeness (QED) is 0.920. The summed E-state index contributed by atoms with van der Waals surface area (Å²) in [4.78, 5) is 22.2. The van der Waals surface area contributed by atoms with Gasteiger partial charge in [0, 0.05) is 18.5 Å². The number of piperidine rings is 1. The van der Waals surface area contributed by atoms with Crippen LogP contribution < -0.4 is 4.90 Å². The highest BCUT2D eigenvalue weighted by molar-refractivity contribution is 5.92. The summed E-state index contributed by atoms with van der Waals surface area (Å²) in [6.45, 7) is 9.15. The molecule has 110 valence electrons. The van der Waals surface area contributed by atoms with Crippen LogP contribution in [0.2, 0.25) is 0 Å². The first-order valence-corrected chi connectivity index (χ1v) is 7.28. The first kappa shape index (κ1) is 14.8. The minimum atomic E-state index is -0.977. The molecule has 0 radical (unpaired) electrons. The number of aromatic carboxylic acids is 1. The molecule has 5 nitrogen and oxygen atoms in total. The van der Waals surface area contributed by atoms with Gasteiger partial charge in [-0.05, 0) is 25.7 Å². The van der Waals surface area contributed by atoms with Crippen LogP contribution >= 0.6 is 0 Å². The fraction of sp³-hybridized carbons (Fsp3) is 0.667. The number of rotatable bonds is 3. The monoisotopic (exact) mass is 277 g/mol. The molecule has 0 spiro atoms. The molecule has 20 heavy (non-hydrogen) atoms. The van der Waals surface area contributed by atoms with Crippen LogP contribution in [0.5, 0.6) is 0 Å². The second-order valence-electron chi connectivity index (χ2n) is 5.98. The Balaban J connectivity index is 2.42. The number of carboxylic acid groups (broad SMARTS) is 1. The van der Waals surface area contributed by atoms with Gasteiger partial charge in [0.15, 0.2) is 5.69 Å². The zero-order chi connectivity index (χ0) is 14.9. The third-order valence-electron chi connectivity index (χ3n) is 4.19. The van der Waals surface area contributed by atoms with Crippen molar-refractivity contribution >= 4 is 11.7 Å². The Morgan fingerprint density at radius 2 is 2.15 bits per heavy atom. The summed E-state index contributed by atoms with van der Waals surface area (Å²) >= 11 is 0. The number of aromatic nitrogens is 2. The lowest BCUT2D eigenvalue weighted by molar-refractivity contribution is 0.0690. The topological polar surface area (TPSA) is 66.3 Å². The Morgan fingerprint density at radius 1 is 1.45 bits per heavy atom. The Labute approximate surface area is 120 Å². The van der Waals surface area contributed by atoms with E-state index in [4.69, 9.17) is 0 Å². The SMILES string of the molecule is CC(C)c1ncc(N2CCCC(C)C2C)c(C(=O)O)n1. The van der Waals surface area contributed by atoms with Crippen molar-refractivity contribution in [3.05, 3.63) is 17.7 Å². The van der Waals surface area contributed by atoms with Crippen LogP contribution in [0.4, 0.5) is 5.69 Å². The Bertz CT molecular complexity index is 502. The van der Waals surface area contributed by atoms with Crippen LogP contribution in [0.3, 0.4) is 0 Å². The van der Waals surface area contributed by atoms with Crippen LogP contribution in [0.15, 0.2) is 6.20 Å². The van der Waals surface area contributed by atoms with E-state index in [-0.39, 0.29) is 11.6 Å². The smallest absolute Gasteiger partial charge is 0.356 e. The van der Waals surface area contributed by atoms with Crippen LogP contribution in [0, 0.1) is 5.92 Å². The van der Waals surface area contributed by atoms with Crippen LogP contribution in [-0.2, 0) is 0 Å². The first-order chi connectivity index (χ1) is 9.41. The second kappa shape index (κ2) is 5.77. The third kappa shape index (κ3) is 2.76. The maximum atomic E-state index is 11.5. The van der Waals surface area contributed by atoms with Gasteiger partial charge in [0.1, 0.15) is 5.82 Å². The van der Waals surface area contributed by atoms with Gasteiger partial charge in [-0.2, -0.15) is 0 Å². The zero-order valence-electron chi connectivity index (χ0n) is 12.6. The summed E-state index contributed by atoms with van der Waals surface area (Å²) in [6.07, 6.45) is 3.95. The minimum absolute atomic E-state index is 0.125. The number of hydrogen-bond acceptors (Lipinski definition) is 4. The third-order valence-corrected chi connectivity index (χ3v) is 4.19. The highest BCUT2D eigenvalue weighted by atomic mass is 16.4. The van der Waals surface area contributed by atoms with Crippen molar-refractivity contribution in [1.29, 1.82) is 0 Å². The summed E-state index contributed by atoms with van der Waals surface area (Å²) in [7, 11) is 0. The van der Waals surface area contributed by atoms with Crippen molar-refractivity contribution in [1.82, 2.24) is 9.97 Å². The Kier molecular flexibility index (Phi) is 4.26. The van der Waals surface area contributed by atoms with Gasteiger partial charge in [-0.15, -0.1) is 0 Å². The normalized spacial score (nSPS) is 23.1. The predicted molar refractivity (Wildman–Crippen MR) is 78.3 cm³/mol. The molecular formula is C15H23N3O2. The molecule has 1 saturated heterocycles. The van der Waals surface area contributed by atoms with Crippen molar-refractivity contribution in [3.63, 3.8) is 0 Å². The molecule has 0 bridgehead atoms. The van der Waals surface area contributed by atoms with E-state index in [1.54, 1.807) is 6.20 Å². The molecule has 0 aromatic carbocycles. The summed E-state index contributed by atoms with van der Waals surface area (Å²) in [5, 5.41) is 9.44. The first-order valence-electron chi connectivity index (χ1n) is 7.28. The fourth-order valence-corrected chi connectivity index (χ4v) is 2.71. The molecule has 2 rings (SSSR count). The van der Waals surface area contributed by atoms with Crippen molar-refractivity contribution in [2.24, 2.45) is 5.92 Å². The number of hydrogen-bond donors (Lipinski definition) is 1. The number of nitrogens with zero attached hydrogens (tertiary/aromatic N) is 3. The highest BCUT2D eigenvalue weighted by Gasteiger charge is 2.29. The van der Waals surface area contributed by atoms with E-state index < -0.39 is 5.97 Å². The van der Waals surface area contributed by atoms with Crippen molar-refractivity contribution in [3.8, 4) is 0 Å². The van der Waals surface area contributed by atoms with E-state index in [1.165, 1.54) is 6.42 Å². The summed E-state index contributed by atoms with van der Waals surface area (Å²) in [5.74, 6) is 0.286. The van der Waals surface area contributed by atoms with E-state index in [0.29, 0.717) is 23.5 Å². The van der Waals surface area contributed by atoms with Crippen molar-refractivity contribution in [2.75, 3.05) is 11.4 Å². The molecule has 1 N–H and O–H groups in total. The molecule has 0 amide bonds. The predicted octanol–water partition coefficient (Wildman–Crippen LogP) is 2.92.